The molecule has 0 aromatic carbocycles. The van der Waals surface area contributed by atoms with Gasteiger partial charge in [-0.3, -0.25) is 29.0 Å². The van der Waals surface area contributed by atoms with Crippen LogP contribution >= 0.6 is 0 Å². The first kappa shape index (κ1) is 25.9. The Morgan fingerprint density at radius 3 is 0.864 bits per heavy atom. The van der Waals surface area contributed by atoms with Gasteiger partial charge in [0.25, 0.3) is 0 Å². The Balaban J connectivity index is -0.00000180. The third-order valence-corrected chi connectivity index (χ3v) is 2.17. The number of hydrogen-bond donors (Lipinski definition) is 4. The summed E-state index contributed by atoms with van der Waals surface area (Å²) in [6.45, 7) is -2.25. The fourth-order valence-corrected chi connectivity index (χ4v) is 1.48. The molecule has 0 heterocycles. The second-order valence-electron chi connectivity index (χ2n) is 4.00. The quantitative estimate of drug-likeness (QED) is 0.284. The van der Waals surface area contributed by atoms with Gasteiger partial charge < -0.3 is 20.4 Å². The van der Waals surface area contributed by atoms with Gasteiger partial charge in [0.1, 0.15) is 0 Å². The Bertz CT molecular complexity index is 325. The molecule has 0 rings (SSSR count). The maximum absolute atomic E-state index is 10.6. The standard InChI is InChI=1S/C10H16N2O8.2Li.2H/c13-7(14)3-11(4-8(15)16)1-2-12(5-9(17)18)6-10(19)20;;;;/h1-6H2,(H,13,14)(H,15,16)(H,17,18)(H,19,20);;;;. The average molecular weight is 308 g/mol. The van der Waals surface area contributed by atoms with Crippen LogP contribution in [0.4, 0.5) is 0 Å². The Hall–Kier alpha value is -1.01. The van der Waals surface area contributed by atoms with Gasteiger partial charge >= 0.3 is 61.6 Å². The molecule has 0 aromatic rings. The fourth-order valence-electron chi connectivity index (χ4n) is 1.48. The zero-order valence-electron chi connectivity index (χ0n) is 10.6. The van der Waals surface area contributed by atoms with Crippen molar-refractivity contribution in [2.75, 3.05) is 39.3 Å². The molecular weight excluding hydrogens is 290 g/mol. The summed E-state index contributed by atoms with van der Waals surface area (Å²) in [4.78, 5) is 44.4. The Kier molecular flexibility index (Phi) is 16.1. The molecule has 4 N–H and O–H groups in total. The molecule has 0 amide bonds. The van der Waals surface area contributed by atoms with Crippen molar-refractivity contribution in [2.24, 2.45) is 0 Å². The topological polar surface area (TPSA) is 156 Å². The van der Waals surface area contributed by atoms with Crippen molar-refractivity contribution in [2.45, 2.75) is 0 Å². The van der Waals surface area contributed by atoms with Gasteiger partial charge in [-0.2, -0.15) is 0 Å². The van der Waals surface area contributed by atoms with E-state index in [0.717, 1.165) is 9.80 Å². The molecule has 0 saturated carbocycles. The summed E-state index contributed by atoms with van der Waals surface area (Å²) in [6, 6.07) is 0. The maximum atomic E-state index is 10.6. The minimum atomic E-state index is -1.23. The van der Waals surface area contributed by atoms with Gasteiger partial charge in [0, 0.05) is 13.1 Å². The number of hydrogen-bond acceptors (Lipinski definition) is 6. The number of aliphatic carboxylic acids is 4. The van der Waals surface area contributed by atoms with Gasteiger partial charge in [0.2, 0.25) is 0 Å². The molecule has 118 valence electrons. The van der Waals surface area contributed by atoms with Crippen LogP contribution in [0.15, 0.2) is 0 Å². The molecule has 0 bridgehead atoms. The summed E-state index contributed by atoms with van der Waals surface area (Å²) in [5.74, 6) is -4.91. The summed E-state index contributed by atoms with van der Waals surface area (Å²) < 4.78 is 0. The summed E-state index contributed by atoms with van der Waals surface area (Å²) in [6.07, 6.45) is 0. The van der Waals surface area contributed by atoms with Crippen molar-refractivity contribution in [3.8, 4) is 0 Å². The zero-order chi connectivity index (χ0) is 15.7. The Morgan fingerprint density at radius 1 is 0.545 bits per heavy atom. The molecule has 0 unspecified atom stereocenters. The van der Waals surface area contributed by atoms with Crippen LogP contribution in [0.25, 0.3) is 0 Å². The Morgan fingerprint density at radius 2 is 0.727 bits per heavy atom. The van der Waals surface area contributed by atoms with E-state index in [4.69, 9.17) is 20.4 Å². The van der Waals surface area contributed by atoms with Crippen LogP contribution in [0.3, 0.4) is 0 Å². The number of carboxylic acid groups (broad SMARTS) is 4. The molecule has 0 fully saturated rings. The minimum absolute atomic E-state index is 0. The molecule has 0 radical (unpaired) electrons. The van der Waals surface area contributed by atoms with E-state index < -0.39 is 50.1 Å². The van der Waals surface area contributed by atoms with Crippen molar-refractivity contribution < 1.29 is 39.6 Å². The summed E-state index contributed by atoms with van der Waals surface area (Å²) in [5, 5.41) is 34.5. The van der Waals surface area contributed by atoms with E-state index in [9.17, 15) is 19.2 Å². The normalized spacial score (nSPS) is 9.73. The molecule has 0 aliphatic heterocycles. The molecule has 10 nitrogen and oxygen atoms in total. The molecule has 12 heteroatoms. The Labute approximate surface area is 150 Å². The van der Waals surface area contributed by atoms with Gasteiger partial charge in [0.15, 0.2) is 0 Å². The average Bonchev–Trinajstić information content (AvgIpc) is 2.22. The summed E-state index contributed by atoms with van der Waals surface area (Å²) in [7, 11) is 0. The van der Waals surface area contributed by atoms with E-state index in [-0.39, 0.29) is 50.8 Å². The molecular formula is C10H18Li2N2O8. The molecule has 22 heavy (non-hydrogen) atoms. The van der Waals surface area contributed by atoms with Crippen LogP contribution in [-0.2, 0) is 19.2 Å². The zero-order valence-corrected chi connectivity index (χ0v) is 10.6. The van der Waals surface area contributed by atoms with E-state index in [1.54, 1.807) is 0 Å². The van der Waals surface area contributed by atoms with E-state index in [1.807, 2.05) is 0 Å². The third kappa shape index (κ3) is 15.4. The van der Waals surface area contributed by atoms with Gasteiger partial charge in [-0.05, 0) is 0 Å². The molecule has 0 aromatic heterocycles. The van der Waals surface area contributed by atoms with Gasteiger partial charge in [-0.25, -0.2) is 0 Å². The molecule has 0 atom stereocenters. The van der Waals surface area contributed by atoms with Crippen LogP contribution in [0.2, 0.25) is 0 Å². The van der Waals surface area contributed by atoms with E-state index in [2.05, 4.69) is 0 Å². The number of rotatable bonds is 11. The van der Waals surface area contributed by atoms with E-state index >= 15 is 0 Å². The second-order valence-corrected chi connectivity index (χ2v) is 4.00. The van der Waals surface area contributed by atoms with Crippen LogP contribution in [0.5, 0.6) is 0 Å². The van der Waals surface area contributed by atoms with Crippen molar-refractivity contribution in [3.05, 3.63) is 0 Å². The predicted molar refractivity (Wildman–Crippen MR) is 77.7 cm³/mol. The van der Waals surface area contributed by atoms with Crippen molar-refractivity contribution >= 4 is 61.6 Å². The number of nitrogens with zero attached hydrogens (tertiary/aromatic N) is 2. The molecule has 0 saturated heterocycles. The monoisotopic (exact) mass is 308 g/mol. The number of carbonyl (C=O) groups is 4. The first-order chi connectivity index (χ1) is 9.20. The molecule has 0 aliphatic rings. The molecule has 0 aliphatic carbocycles. The van der Waals surface area contributed by atoms with Crippen LogP contribution in [-0.4, -0.2) is 131 Å². The first-order valence-corrected chi connectivity index (χ1v) is 5.52. The third-order valence-electron chi connectivity index (χ3n) is 2.17. The number of carboxylic acids is 4. The SMILES string of the molecule is O=C(O)CN(CCN(CC(=O)O)CC(=O)O)CC(=O)O.[LiH].[LiH]. The van der Waals surface area contributed by atoms with Gasteiger partial charge in [-0.1, -0.05) is 0 Å². The predicted octanol–water partition coefficient (Wildman–Crippen LogP) is -3.37. The molecule has 0 spiro atoms. The summed E-state index contributed by atoms with van der Waals surface area (Å²) >= 11 is 0. The van der Waals surface area contributed by atoms with Crippen molar-refractivity contribution in [1.29, 1.82) is 0 Å². The van der Waals surface area contributed by atoms with Gasteiger partial charge in [-0.15, -0.1) is 0 Å². The van der Waals surface area contributed by atoms with E-state index in [1.165, 1.54) is 0 Å². The van der Waals surface area contributed by atoms with Crippen LogP contribution in [0, 0.1) is 0 Å². The van der Waals surface area contributed by atoms with E-state index in [0.29, 0.717) is 0 Å². The first-order valence-electron chi connectivity index (χ1n) is 5.52. The van der Waals surface area contributed by atoms with Gasteiger partial charge in [0.05, 0.1) is 26.2 Å². The van der Waals surface area contributed by atoms with Crippen molar-refractivity contribution in [1.82, 2.24) is 9.80 Å². The second kappa shape index (κ2) is 13.6. The summed E-state index contributed by atoms with van der Waals surface area (Å²) in [5.41, 5.74) is 0. The fraction of sp³-hybridized carbons (Fsp3) is 0.600. The van der Waals surface area contributed by atoms with Crippen molar-refractivity contribution in [3.63, 3.8) is 0 Å². The van der Waals surface area contributed by atoms with Crippen LogP contribution in [0.1, 0.15) is 0 Å². The van der Waals surface area contributed by atoms with Crippen LogP contribution < -0.4 is 0 Å².